The molecule has 2 aliphatic heterocycles. The van der Waals surface area contributed by atoms with Gasteiger partial charge in [0.2, 0.25) is 0 Å². The van der Waals surface area contributed by atoms with Gasteiger partial charge in [-0.3, -0.25) is 14.5 Å². The van der Waals surface area contributed by atoms with Crippen molar-refractivity contribution in [3.05, 3.63) is 0 Å². The molecule has 2 saturated heterocycles. The van der Waals surface area contributed by atoms with Crippen LogP contribution in [0.25, 0.3) is 0 Å². The van der Waals surface area contributed by atoms with Crippen molar-refractivity contribution in [2.24, 2.45) is 22.2 Å². The van der Waals surface area contributed by atoms with Crippen LogP contribution in [0.3, 0.4) is 0 Å². The van der Waals surface area contributed by atoms with Crippen molar-refractivity contribution in [2.45, 2.75) is 98.2 Å². The molecule has 23 nitrogen and oxygen atoms in total. The van der Waals surface area contributed by atoms with Crippen molar-refractivity contribution in [3.8, 4) is 0 Å². The van der Waals surface area contributed by atoms with Crippen LogP contribution in [0, 0.1) is 5.41 Å². The largest absolute Gasteiger partial charge is 0.394 e. The Kier molecular flexibility index (Phi) is 13.6. The number of ether oxygens (including phenoxy) is 4. The van der Waals surface area contributed by atoms with Crippen LogP contribution in [0.4, 0.5) is 0 Å². The Labute approximate surface area is 256 Å². The summed E-state index contributed by atoms with van der Waals surface area (Å²) < 4.78 is 54.7. The topological polar surface area (TPSA) is 412 Å². The van der Waals surface area contributed by atoms with Crippen LogP contribution >= 0.6 is 0 Å². The first kappa shape index (κ1) is 39.1. The second-order valence-electron chi connectivity index (χ2n) is 10.5. The molecule has 19 N–H and O–H groups in total. The molecule has 45 heavy (non-hydrogen) atoms. The first-order chi connectivity index (χ1) is 20.7. The van der Waals surface area contributed by atoms with Crippen LogP contribution in [0.5, 0.6) is 0 Å². The summed E-state index contributed by atoms with van der Waals surface area (Å²) in [7, 11) is -3.23. The highest BCUT2D eigenvalue weighted by atomic mass is 32.3. The molecule has 3 fully saturated rings. The van der Waals surface area contributed by atoms with E-state index in [2.05, 4.69) is 15.6 Å². The fourth-order valence-corrected chi connectivity index (χ4v) is 5.22. The van der Waals surface area contributed by atoms with Crippen molar-refractivity contribution in [1.82, 2.24) is 10.6 Å². The molecule has 0 aromatic rings. The lowest BCUT2D eigenvalue weighted by atomic mass is 9.81. The molecule has 0 bridgehead atoms. The molecular weight excluding hydrogens is 638 g/mol. The summed E-state index contributed by atoms with van der Waals surface area (Å²) in [6, 6.07) is -3.94. The number of hydrogen-bond donors (Lipinski definition) is 16. The number of nitrogens with two attached hydrogens (primary N) is 3. The second-order valence-corrected chi connectivity index (χ2v) is 11.4. The summed E-state index contributed by atoms with van der Waals surface area (Å²) in [6.07, 6.45) is -16.9. The van der Waals surface area contributed by atoms with E-state index in [1.807, 2.05) is 0 Å². The highest BCUT2D eigenvalue weighted by Crippen LogP contribution is 2.38. The number of guanidine groups is 2. The zero-order valence-corrected chi connectivity index (χ0v) is 24.8. The molecule has 24 heteroatoms. The van der Waals surface area contributed by atoms with Crippen molar-refractivity contribution in [1.29, 1.82) is 5.41 Å². The van der Waals surface area contributed by atoms with Crippen molar-refractivity contribution in [2.75, 3.05) is 20.3 Å². The Morgan fingerprint density at radius 1 is 0.933 bits per heavy atom. The van der Waals surface area contributed by atoms with Gasteiger partial charge in [0.25, 0.3) is 0 Å². The minimum atomic E-state index is -4.67. The summed E-state index contributed by atoms with van der Waals surface area (Å²) in [5.74, 6) is -1.13. The molecule has 1 aliphatic carbocycles. The lowest BCUT2D eigenvalue weighted by Crippen LogP contribution is -2.70. The zero-order valence-electron chi connectivity index (χ0n) is 24.0. The number of aliphatic imine (C=N–C) groups is 1. The van der Waals surface area contributed by atoms with E-state index < -0.39 is 127 Å². The molecule has 15 atom stereocenters. The SMILES string of the molecule is CN[C@H]1[C@@H](O[C@@H]2[C@@H](O[C@H]3[C@H](O)[C@@H](O)[C@H](N=C(N)N)[C@@H](O)[C@@H]3NC(=N)N)O[C@H](C)[C@@]2(O)CO)O[C@H](CO)[C@@H](O)[C@@H]1O.O=S(=O)(O)O. The average molecular weight is 682 g/mol. The maximum atomic E-state index is 11.3. The van der Waals surface area contributed by atoms with E-state index in [4.69, 9.17) is 59.1 Å². The molecule has 3 aliphatic rings. The molecular formula is C21H43N7O16S. The van der Waals surface area contributed by atoms with Crippen LogP contribution in [-0.2, 0) is 29.3 Å². The fourth-order valence-electron chi connectivity index (χ4n) is 5.22. The summed E-state index contributed by atoms with van der Waals surface area (Å²) in [5.41, 5.74) is 14.1. The molecule has 0 unspecified atom stereocenters. The van der Waals surface area contributed by atoms with E-state index in [0.29, 0.717) is 0 Å². The van der Waals surface area contributed by atoms with Crippen LogP contribution in [0.1, 0.15) is 6.92 Å². The smallest absolute Gasteiger partial charge is 0.394 e. The van der Waals surface area contributed by atoms with Gasteiger partial charge < -0.3 is 87.6 Å². The third-order valence-corrected chi connectivity index (χ3v) is 7.55. The van der Waals surface area contributed by atoms with Gasteiger partial charge in [0, 0.05) is 0 Å². The fraction of sp³-hybridized carbons (Fsp3) is 0.905. The number of rotatable bonds is 9. The van der Waals surface area contributed by atoms with Crippen LogP contribution in [0.15, 0.2) is 4.99 Å². The van der Waals surface area contributed by atoms with Gasteiger partial charge in [0.05, 0.1) is 31.4 Å². The number of nitrogens with one attached hydrogen (secondary N) is 3. The van der Waals surface area contributed by atoms with Gasteiger partial charge in [-0.05, 0) is 14.0 Å². The lowest BCUT2D eigenvalue weighted by molar-refractivity contribution is -0.318. The zero-order chi connectivity index (χ0) is 34.6. The van der Waals surface area contributed by atoms with Gasteiger partial charge in [-0.1, -0.05) is 0 Å². The quantitative estimate of drug-likeness (QED) is 0.0610. The number of nitrogens with zero attached hydrogens (tertiary/aromatic N) is 1. The maximum Gasteiger partial charge on any atom is 0.394 e. The number of aliphatic hydroxyl groups excluding tert-OH is 7. The Balaban J connectivity index is 0.00000130. The Morgan fingerprint density at radius 2 is 1.51 bits per heavy atom. The Hall–Kier alpha value is -2.11. The van der Waals surface area contributed by atoms with Crippen molar-refractivity contribution >= 4 is 22.3 Å². The van der Waals surface area contributed by atoms with Gasteiger partial charge in [0.15, 0.2) is 24.5 Å². The first-order valence-electron chi connectivity index (χ1n) is 13.2. The van der Waals surface area contributed by atoms with E-state index in [9.17, 15) is 40.9 Å². The van der Waals surface area contributed by atoms with Gasteiger partial charge in [-0.25, -0.2) is 4.99 Å². The molecule has 0 radical (unpaired) electrons. The van der Waals surface area contributed by atoms with E-state index >= 15 is 0 Å². The first-order valence-corrected chi connectivity index (χ1v) is 14.6. The van der Waals surface area contributed by atoms with Gasteiger partial charge in [-0.2, -0.15) is 8.42 Å². The third kappa shape index (κ3) is 9.25. The second kappa shape index (κ2) is 15.7. The Bertz CT molecular complexity index is 1110. The van der Waals surface area contributed by atoms with E-state index in [1.54, 1.807) is 0 Å². The molecule has 3 rings (SSSR count). The van der Waals surface area contributed by atoms with E-state index in [1.165, 1.54) is 14.0 Å². The van der Waals surface area contributed by atoms with Crippen LogP contribution in [-0.4, -0.2) is 182 Å². The molecule has 1 saturated carbocycles. The van der Waals surface area contributed by atoms with Crippen LogP contribution < -0.4 is 27.8 Å². The average Bonchev–Trinajstić information content (AvgIpc) is 3.16. The highest BCUT2D eigenvalue weighted by Gasteiger charge is 2.60. The standard InChI is InChI=1S/C21H41N7O12.H2O4S/c1-5-21(36,4-30)16(40-17-9(26-2)13(34)10(31)6(3-29)38-17)18(37-5)39-15-8(28-20(24)25)11(32)7(27-19(22)23)12(33)14(15)35;1-5(2,3)4/h5-18,26,29-36H,3-4H2,1-2H3,(H4,22,23,27)(H4,24,25,28);(H2,1,2,3,4)/t5-,6-,7-,8+,9-,10-,11-,12+,13-,14-,15-,16-,17-,18-,21+;/m1./s1. The summed E-state index contributed by atoms with van der Waals surface area (Å²) >= 11 is 0. The maximum absolute atomic E-state index is 11.3. The molecule has 2 heterocycles. The third-order valence-electron chi connectivity index (χ3n) is 7.55. The van der Waals surface area contributed by atoms with Gasteiger partial charge in [-0.15, -0.1) is 0 Å². The van der Waals surface area contributed by atoms with Gasteiger partial charge >= 0.3 is 10.4 Å². The summed E-state index contributed by atoms with van der Waals surface area (Å²) in [5, 5.41) is 97.0. The highest BCUT2D eigenvalue weighted by molar-refractivity contribution is 7.79. The predicted octanol–water partition coefficient (Wildman–Crippen LogP) is -8.81. The van der Waals surface area contributed by atoms with Crippen molar-refractivity contribution in [3.63, 3.8) is 0 Å². The van der Waals surface area contributed by atoms with E-state index in [-0.39, 0.29) is 0 Å². The minimum Gasteiger partial charge on any atom is -0.394 e. The normalized spacial score (nSPS) is 43.6. The molecule has 0 aromatic heterocycles. The number of hydrogen-bond acceptors (Lipinski definition) is 17. The summed E-state index contributed by atoms with van der Waals surface area (Å²) in [6.45, 7) is -0.205. The molecule has 0 aromatic carbocycles. The number of likely N-dealkylation sites (N-methyl/N-ethyl adjacent to an activating group) is 1. The number of aliphatic hydroxyl groups is 8. The molecule has 0 spiro atoms. The Morgan fingerprint density at radius 3 is 1.98 bits per heavy atom. The van der Waals surface area contributed by atoms with Crippen molar-refractivity contribution < 1.29 is 77.3 Å². The predicted molar refractivity (Wildman–Crippen MR) is 147 cm³/mol. The van der Waals surface area contributed by atoms with Gasteiger partial charge in [0.1, 0.15) is 60.5 Å². The van der Waals surface area contributed by atoms with Crippen LogP contribution in [0.2, 0.25) is 0 Å². The summed E-state index contributed by atoms with van der Waals surface area (Å²) in [4.78, 5) is 3.75. The monoisotopic (exact) mass is 681 g/mol. The molecule has 0 amide bonds. The lowest BCUT2D eigenvalue weighted by Gasteiger charge is -2.46. The minimum absolute atomic E-state index is 0.495. The van der Waals surface area contributed by atoms with E-state index in [0.717, 1.165) is 0 Å². The molecule has 264 valence electrons.